The van der Waals surface area contributed by atoms with Crippen LogP contribution in [0.5, 0.6) is 0 Å². The van der Waals surface area contributed by atoms with Gasteiger partial charge in [-0.05, 0) is 0 Å². The lowest BCUT2D eigenvalue weighted by molar-refractivity contribution is -0.0621. The van der Waals surface area contributed by atoms with E-state index in [4.69, 9.17) is 20.7 Å². The van der Waals surface area contributed by atoms with Crippen molar-refractivity contribution in [3.8, 4) is 0 Å². The number of aliphatic hydroxyl groups is 4. The molecule has 0 radical (unpaired) electrons. The number of anilines is 2. The first-order chi connectivity index (χ1) is 9.51. The van der Waals surface area contributed by atoms with Crippen LogP contribution in [0.15, 0.2) is 4.79 Å². The zero-order valence-corrected chi connectivity index (χ0v) is 10.2. The van der Waals surface area contributed by atoms with Crippen molar-refractivity contribution >= 4 is 11.5 Å². The molecule has 2 heterocycles. The highest BCUT2D eigenvalue weighted by Gasteiger charge is 2.44. The molecule has 4 atom stereocenters. The zero-order valence-electron chi connectivity index (χ0n) is 10.2. The van der Waals surface area contributed by atoms with Crippen molar-refractivity contribution in [1.82, 2.24) is 15.0 Å². The molecule has 1 fully saturated rings. The largest absolute Gasteiger partial charge is 0.394 e. The van der Waals surface area contributed by atoms with Crippen molar-refractivity contribution < 1.29 is 25.2 Å². The Morgan fingerprint density at radius 1 is 1.35 bits per heavy atom. The minimum Gasteiger partial charge on any atom is -0.394 e. The van der Waals surface area contributed by atoms with Crippen LogP contribution in [-0.2, 0) is 4.74 Å². The molecule has 1 aromatic rings. The Labute approximate surface area is 112 Å². The first-order valence-electron chi connectivity index (χ1n) is 5.73. The monoisotopic (exact) mass is 289 g/mol. The van der Waals surface area contributed by atoms with Crippen molar-refractivity contribution in [1.29, 1.82) is 0 Å². The molecule has 0 aliphatic carbocycles. The molecule has 2 rings (SSSR count). The molecular weight excluding hydrogens is 274 g/mol. The molecule has 20 heavy (non-hydrogen) atoms. The predicted octanol–water partition coefficient (Wildman–Crippen LogP) is -3.81. The fraction of sp³-hybridized carbons (Fsp3) is 0.667. The van der Waals surface area contributed by atoms with Gasteiger partial charge in [0.2, 0.25) is 0 Å². The summed E-state index contributed by atoms with van der Waals surface area (Å²) >= 11 is 0. The number of aromatic nitrogens is 3. The van der Waals surface area contributed by atoms with Gasteiger partial charge in [-0.3, -0.25) is 4.79 Å². The molecule has 1 aromatic heterocycles. The Bertz CT molecular complexity index is 536. The minimum atomic E-state index is -1.47. The smallest absolute Gasteiger partial charge is 0.297 e. The lowest BCUT2D eigenvalue weighted by Gasteiger charge is -2.16. The Kier molecular flexibility index (Phi) is 4.15. The number of nitrogens with two attached hydrogens (primary N) is 1. The fourth-order valence-electron chi connectivity index (χ4n) is 1.90. The highest BCUT2D eigenvalue weighted by atomic mass is 16.6. The maximum Gasteiger partial charge on any atom is 0.297 e. The molecule has 1 aliphatic heterocycles. The van der Waals surface area contributed by atoms with E-state index in [0.717, 1.165) is 0 Å². The highest BCUT2D eigenvalue weighted by Crippen LogP contribution is 2.27. The summed E-state index contributed by atoms with van der Waals surface area (Å²) in [5, 5.41) is 46.5. The summed E-state index contributed by atoms with van der Waals surface area (Å²) < 4.78 is 5.83. The topological polar surface area (TPSA) is 176 Å². The van der Waals surface area contributed by atoms with E-state index in [1.54, 1.807) is 0 Å². The van der Waals surface area contributed by atoms with E-state index in [-0.39, 0.29) is 11.5 Å². The molecule has 0 amide bonds. The highest BCUT2D eigenvalue weighted by molar-refractivity contribution is 5.58. The van der Waals surface area contributed by atoms with Gasteiger partial charge in [-0.15, -0.1) is 5.10 Å². The Hall–Kier alpha value is -1.79. The first-order valence-corrected chi connectivity index (χ1v) is 5.73. The zero-order chi connectivity index (χ0) is 14.9. The van der Waals surface area contributed by atoms with Gasteiger partial charge in [-0.1, -0.05) is 5.21 Å². The second-order valence-electron chi connectivity index (χ2n) is 4.16. The summed E-state index contributed by atoms with van der Waals surface area (Å²) in [5.41, 5.74) is 4.44. The number of rotatable bonds is 4. The van der Waals surface area contributed by atoms with Crippen LogP contribution >= 0.6 is 0 Å². The van der Waals surface area contributed by atoms with Gasteiger partial charge in [-0.2, -0.15) is 4.68 Å². The molecule has 1 aliphatic rings. The van der Waals surface area contributed by atoms with Crippen molar-refractivity contribution in [3.05, 3.63) is 10.4 Å². The molecule has 1 saturated heterocycles. The minimum absolute atomic E-state index is 0.208. The van der Waals surface area contributed by atoms with E-state index in [2.05, 4.69) is 15.6 Å². The molecule has 112 valence electrons. The molecule has 7 N–H and O–H groups in total. The SMILES string of the molecule is Nc1nnn(C2OC(CO)C(O)C2O)c(=O)c1NCO. The van der Waals surface area contributed by atoms with Gasteiger partial charge in [0, 0.05) is 0 Å². The van der Waals surface area contributed by atoms with Gasteiger partial charge in [0.1, 0.15) is 30.7 Å². The summed E-state index contributed by atoms with van der Waals surface area (Å²) in [4.78, 5) is 12.1. The van der Waals surface area contributed by atoms with Crippen LogP contribution in [0.3, 0.4) is 0 Å². The Balaban J connectivity index is 2.39. The molecule has 0 saturated carbocycles. The van der Waals surface area contributed by atoms with Crippen molar-refractivity contribution in [3.63, 3.8) is 0 Å². The normalized spacial score (nSPS) is 29.6. The molecular formula is C9H15N5O6. The lowest BCUT2D eigenvalue weighted by Crippen LogP contribution is -2.38. The van der Waals surface area contributed by atoms with E-state index >= 15 is 0 Å². The summed E-state index contributed by atoms with van der Waals surface area (Å²) in [7, 11) is 0. The van der Waals surface area contributed by atoms with Gasteiger partial charge in [0.15, 0.2) is 12.0 Å². The third kappa shape index (κ3) is 2.32. The van der Waals surface area contributed by atoms with Gasteiger partial charge in [0.05, 0.1) is 6.61 Å². The Morgan fingerprint density at radius 3 is 2.60 bits per heavy atom. The number of nitrogens with one attached hydrogen (secondary N) is 1. The average molecular weight is 289 g/mol. The van der Waals surface area contributed by atoms with Crippen molar-refractivity contribution in [2.45, 2.75) is 24.5 Å². The number of hydrogen-bond acceptors (Lipinski definition) is 10. The van der Waals surface area contributed by atoms with Crippen molar-refractivity contribution in [2.75, 3.05) is 24.4 Å². The number of aliphatic hydroxyl groups excluding tert-OH is 4. The second-order valence-corrected chi connectivity index (χ2v) is 4.16. The van der Waals surface area contributed by atoms with Crippen LogP contribution in [0.4, 0.5) is 11.5 Å². The maximum atomic E-state index is 12.1. The Morgan fingerprint density at radius 2 is 2.05 bits per heavy atom. The number of nitrogen functional groups attached to an aromatic ring is 1. The van der Waals surface area contributed by atoms with Gasteiger partial charge < -0.3 is 36.2 Å². The quantitative estimate of drug-likeness (QED) is 0.301. The van der Waals surface area contributed by atoms with E-state index < -0.39 is 43.4 Å². The van der Waals surface area contributed by atoms with E-state index in [1.807, 2.05) is 0 Å². The van der Waals surface area contributed by atoms with E-state index in [1.165, 1.54) is 0 Å². The molecule has 0 bridgehead atoms. The lowest BCUT2D eigenvalue weighted by atomic mass is 10.1. The summed E-state index contributed by atoms with van der Waals surface area (Å²) in [6.45, 7) is -1.09. The summed E-state index contributed by atoms with van der Waals surface area (Å²) in [5.74, 6) is -0.230. The van der Waals surface area contributed by atoms with E-state index in [0.29, 0.717) is 4.68 Å². The maximum absolute atomic E-state index is 12.1. The molecule has 11 heteroatoms. The average Bonchev–Trinajstić information content (AvgIpc) is 2.71. The van der Waals surface area contributed by atoms with Crippen LogP contribution in [0.1, 0.15) is 6.23 Å². The molecule has 0 spiro atoms. The summed E-state index contributed by atoms with van der Waals surface area (Å²) in [6.07, 6.45) is -5.20. The first kappa shape index (κ1) is 14.6. The second kappa shape index (κ2) is 5.68. The van der Waals surface area contributed by atoms with Crippen LogP contribution in [0.25, 0.3) is 0 Å². The van der Waals surface area contributed by atoms with Crippen LogP contribution < -0.4 is 16.6 Å². The summed E-state index contributed by atoms with van der Waals surface area (Å²) in [6, 6.07) is 0. The molecule has 11 nitrogen and oxygen atoms in total. The van der Waals surface area contributed by atoms with Crippen LogP contribution in [0, 0.1) is 0 Å². The third-order valence-corrected chi connectivity index (χ3v) is 2.94. The number of ether oxygens (including phenoxy) is 1. The van der Waals surface area contributed by atoms with Crippen LogP contribution in [-0.4, -0.2) is 67.1 Å². The predicted molar refractivity (Wildman–Crippen MR) is 64.4 cm³/mol. The van der Waals surface area contributed by atoms with Crippen molar-refractivity contribution in [2.24, 2.45) is 0 Å². The fourth-order valence-corrected chi connectivity index (χ4v) is 1.90. The number of hydrogen-bond donors (Lipinski definition) is 6. The number of nitrogens with zero attached hydrogens (tertiary/aromatic N) is 3. The van der Waals surface area contributed by atoms with Gasteiger partial charge >= 0.3 is 0 Å². The third-order valence-electron chi connectivity index (χ3n) is 2.94. The van der Waals surface area contributed by atoms with Crippen LogP contribution in [0.2, 0.25) is 0 Å². The van der Waals surface area contributed by atoms with E-state index in [9.17, 15) is 15.0 Å². The van der Waals surface area contributed by atoms with Gasteiger partial charge in [-0.25, -0.2) is 0 Å². The standard InChI is InChI=1S/C9H15N5O6/c10-7-4(11-2-16)8(19)14(13-12-7)9-6(18)5(17)3(1-15)20-9/h3,5-6,9,11,15-18H,1-2,10H2. The van der Waals surface area contributed by atoms with Gasteiger partial charge in [0.25, 0.3) is 5.56 Å². The molecule has 4 unspecified atom stereocenters. The molecule has 0 aromatic carbocycles.